The maximum Gasteiger partial charge on any atom is 0.310 e. The van der Waals surface area contributed by atoms with E-state index in [1.807, 2.05) is 14.0 Å². The third-order valence-corrected chi connectivity index (χ3v) is 5.49. The zero-order valence-electron chi connectivity index (χ0n) is 14.3. The molecule has 0 spiro atoms. The summed E-state index contributed by atoms with van der Waals surface area (Å²) < 4.78 is 5.18. The Hall–Kier alpha value is -0.530. The largest absolute Gasteiger partial charge is 0.466 e. The Morgan fingerprint density at radius 2 is 2.09 bits per heavy atom. The predicted molar refractivity (Wildman–Crippen MR) is 102 cm³/mol. The molecular weight excluding hydrogens is 405 g/mol. The van der Waals surface area contributed by atoms with Crippen LogP contribution < -0.4 is 5.32 Å². The van der Waals surface area contributed by atoms with Gasteiger partial charge in [0, 0.05) is 26.7 Å². The molecule has 0 aromatic carbocycles. The average Bonchev–Trinajstić information content (AvgIpc) is 3.41. The van der Waals surface area contributed by atoms with Gasteiger partial charge in [0.1, 0.15) is 0 Å². The lowest BCUT2D eigenvalue weighted by Gasteiger charge is -2.34. The summed E-state index contributed by atoms with van der Waals surface area (Å²) in [5.41, 5.74) is 0.562. The monoisotopic (exact) mass is 435 g/mol. The van der Waals surface area contributed by atoms with E-state index in [0.29, 0.717) is 12.0 Å². The minimum atomic E-state index is -0.0562. The quantitative estimate of drug-likeness (QED) is 0.312. The molecule has 1 heterocycles. The Bertz CT molecular complexity index is 447. The van der Waals surface area contributed by atoms with Gasteiger partial charge in [-0.15, -0.1) is 24.0 Å². The van der Waals surface area contributed by atoms with Crippen molar-refractivity contribution in [1.82, 2.24) is 10.2 Å². The molecule has 3 fully saturated rings. The van der Waals surface area contributed by atoms with Gasteiger partial charge in [-0.1, -0.05) is 0 Å². The number of guanidine groups is 1. The number of hydrogen-bond donors (Lipinski definition) is 1. The number of halogens is 1. The fourth-order valence-electron chi connectivity index (χ4n) is 3.80. The number of likely N-dealkylation sites (tertiary alicyclic amines) is 1. The van der Waals surface area contributed by atoms with Crippen molar-refractivity contribution in [3.63, 3.8) is 0 Å². The van der Waals surface area contributed by atoms with Gasteiger partial charge in [0.05, 0.1) is 12.5 Å². The molecule has 0 amide bonds. The summed E-state index contributed by atoms with van der Waals surface area (Å²) in [6, 6.07) is 0. The number of carbonyl (C=O) groups excluding carboxylic acids is 1. The number of nitrogens with one attached hydrogen (secondary N) is 1. The first-order valence-electron chi connectivity index (χ1n) is 8.81. The molecule has 5 nitrogen and oxygen atoms in total. The van der Waals surface area contributed by atoms with Gasteiger partial charge in [-0.2, -0.15) is 0 Å². The number of esters is 1. The van der Waals surface area contributed by atoms with Crippen LogP contribution in [0.15, 0.2) is 4.99 Å². The lowest BCUT2D eigenvalue weighted by atomic mass is 9.98. The maximum atomic E-state index is 12.0. The van der Waals surface area contributed by atoms with Gasteiger partial charge in [-0.3, -0.25) is 9.79 Å². The second-order valence-electron chi connectivity index (χ2n) is 7.07. The van der Waals surface area contributed by atoms with Gasteiger partial charge in [-0.25, -0.2) is 0 Å². The van der Waals surface area contributed by atoms with Crippen LogP contribution in [0.2, 0.25) is 0 Å². The Kier molecular flexibility index (Phi) is 6.57. The van der Waals surface area contributed by atoms with E-state index in [1.54, 1.807) is 0 Å². The summed E-state index contributed by atoms with van der Waals surface area (Å²) in [5, 5.41) is 3.58. The lowest BCUT2D eigenvalue weighted by Crippen LogP contribution is -2.49. The van der Waals surface area contributed by atoms with Gasteiger partial charge in [-0.05, 0) is 56.8 Å². The zero-order valence-corrected chi connectivity index (χ0v) is 16.7. The molecule has 1 N–H and O–H groups in total. The van der Waals surface area contributed by atoms with Crippen molar-refractivity contribution in [2.75, 3.05) is 33.3 Å². The Balaban J connectivity index is 0.00000192. The van der Waals surface area contributed by atoms with Gasteiger partial charge < -0.3 is 15.0 Å². The third kappa shape index (κ3) is 4.51. The first-order valence-corrected chi connectivity index (χ1v) is 8.81. The zero-order chi connectivity index (χ0) is 15.6. The molecule has 0 aromatic rings. The number of hydrogen-bond acceptors (Lipinski definition) is 3. The average molecular weight is 435 g/mol. The van der Waals surface area contributed by atoms with Crippen molar-refractivity contribution in [2.45, 2.75) is 45.4 Å². The summed E-state index contributed by atoms with van der Waals surface area (Å²) >= 11 is 0. The summed E-state index contributed by atoms with van der Waals surface area (Å²) in [6.45, 7) is 5.09. The lowest BCUT2D eigenvalue weighted by molar-refractivity contribution is -0.149. The molecule has 23 heavy (non-hydrogen) atoms. The molecule has 2 saturated carbocycles. The molecule has 0 aromatic heterocycles. The summed E-state index contributed by atoms with van der Waals surface area (Å²) in [6.07, 6.45) is 7.51. The van der Waals surface area contributed by atoms with Crippen LogP contribution in [0, 0.1) is 17.3 Å². The normalized spacial score (nSPS) is 26.3. The molecular formula is C17H30IN3O2. The highest BCUT2D eigenvalue weighted by Gasteiger charge is 2.53. The highest BCUT2D eigenvalue weighted by atomic mass is 127. The molecule has 0 radical (unpaired) electrons. The molecule has 0 bridgehead atoms. The molecule has 1 aliphatic heterocycles. The van der Waals surface area contributed by atoms with Crippen LogP contribution >= 0.6 is 24.0 Å². The third-order valence-electron chi connectivity index (χ3n) is 5.49. The van der Waals surface area contributed by atoms with Crippen LogP contribution in [0.3, 0.4) is 0 Å². The molecule has 1 atom stereocenters. The van der Waals surface area contributed by atoms with Crippen LogP contribution in [0.1, 0.15) is 45.4 Å². The predicted octanol–water partition coefficient (Wildman–Crippen LogP) is 2.65. The van der Waals surface area contributed by atoms with Crippen molar-refractivity contribution < 1.29 is 9.53 Å². The standard InChI is InChI=1S/C17H29N3O2.HI/c1-3-22-15(21)13-5-4-10-20(11-13)16(18-2)19-12-17(8-9-17)14-6-7-14;/h13-14H,3-12H2,1-2H3,(H,18,19);1H. The van der Waals surface area contributed by atoms with Gasteiger partial charge in [0.2, 0.25) is 0 Å². The second kappa shape index (κ2) is 8.03. The smallest absolute Gasteiger partial charge is 0.310 e. The van der Waals surface area contributed by atoms with E-state index in [9.17, 15) is 4.79 Å². The fraction of sp³-hybridized carbons (Fsp3) is 0.882. The van der Waals surface area contributed by atoms with Crippen LogP contribution in [-0.2, 0) is 9.53 Å². The molecule has 3 aliphatic rings. The Labute approximate surface area is 156 Å². The van der Waals surface area contributed by atoms with E-state index in [-0.39, 0.29) is 35.9 Å². The number of rotatable bonds is 5. The topological polar surface area (TPSA) is 53.9 Å². The van der Waals surface area contributed by atoms with Gasteiger partial charge >= 0.3 is 5.97 Å². The molecule has 132 valence electrons. The SMILES string of the molecule is CCOC(=O)C1CCCN(C(=NC)NCC2(C3CC3)CC2)C1.I. The second-order valence-corrected chi connectivity index (χ2v) is 7.07. The number of ether oxygens (including phenoxy) is 1. The van der Waals surface area contributed by atoms with E-state index < -0.39 is 0 Å². The summed E-state index contributed by atoms with van der Waals surface area (Å²) in [5.74, 6) is 1.84. The van der Waals surface area contributed by atoms with Crippen LogP contribution in [0.25, 0.3) is 0 Å². The van der Waals surface area contributed by atoms with Crippen LogP contribution in [0.4, 0.5) is 0 Å². The number of aliphatic imine (C=N–C) groups is 1. The van der Waals surface area contributed by atoms with Gasteiger partial charge in [0.15, 0.2) is 5.96 Å². The van der Waals surface area contributed by atoms with E-state index in [1.165, 1.54) is 25.7 Å². The Morgan fingerprint density at radius 3 is 2.65 bits per heavy atom. The van der Waals surface area contributed by atoms with Crippen LogP contribution in [0.5, 0.6) is 0 Å². The van der Waals surface area contributed by atoms with E-state index in [2.05, 4.69) is 15.2 Å². The minimum absolute atomic E-state index is 0. The minimum Gasteiger partial charge on any atom is -0.466 e. The summed E-state index contributed by atoms with van der Waals surface area (Å²) in [7, 11) is 1.84. The van der Waals surface area contributed by atoms with Crippen LogP contribution in [-0.4, -0.2) is 50.1 Å². The van der Waals surface area contributed by atoms with E-state index >= 15 is 0 Å². The van der Waals surface area contributed by atoms with Crippen molar-refractivity contribution in [1.29, 1.82) is 0 Å². The van der Waals surface area contributed by atoms with Crippen molar-refractivity contribution >= 4 is 35.9 Å². The number of nitrogens with zero attached hydrogens (tertiary/aromatic N) is 2. The first kappa shape index (κ1) is 18.8. The molecule has 2 aliphatic carbocycles. The molecule has 3 rings (SSSR count). The van der Waals surface area contributed by atoms with Crippen molar-refractivity contribution in [3.8, 4) is 0 Å². The highest BCUT2D eigenvalue weighted by Crippen LogP contribution is 2.60. The molecule has 1 unspecified atom stereocenters. The Morgan fingerprint density at radius 1 is 1.35 bits per heavy atom. The summed E-state index contributed by atoms with van der Waals surface area (Å²) in [4.78, 5) is 18.6. The highest BCUT2D eigenvalue weighted by molar-refractivity contribution is 14.0. The molecule has 1 saturated heterocycles. The van der Waals surface area contributed by atoms with E-state index in [0.717, 1.165) is 44.4 Å². The van der Waals surface area contributed by atoms with Gasteiger partial charge in [0.25, 0.3) is 0 Å². The maximum absolute atomic E-state index is 12.0. The molecule has 6 heteroatoms. The first-order chi connectivity index (χ1) is 10.7. The van der Waals surface area contributed by atoms with E-state index in [4.69, 9.17) is 4.74 Å². The number of carbonyl (C=O) groups is 1. The van der Waals surface area contributed by atoms with Crippen molar-refractivity contribution in [2.24, 2.45) is 22.2 Å². The fourth-order valence-corrected chi connectivity index (χ4v) is 3.80. The van der Waals surface area contributed by atoms with Crippen molar-refractivity contribution in [3.05, 3.63) is 0 Å². The number of piperidine rings is 1.